The summed E-state index contributed by atoms with van der Waals surface area (Å²) < 4.78 is 13.0. The molecule has 0 atom stereocenters. The molecule has 1 saturated heterocycles. The van der Waals surface area contributed by atoms with Crippen LogP contribution < -0.4 is 20.4 Å². The number of nitrogens with zero attached hydrogens (tertiary/aromatic N) is 4. The van der Waals surface area contributed by atoms with Crippen molar-refractivity contribution < 1.29 is 4.39 Å². The molecule has 3 aromatic rings. The van der Waals surface area contributed by atoms with E-state index >= 15 is 0 Å². The number of aromatic nitrogens is 2. The standard InChI is InChI=1S/C25H29FN6S/c1-19-18-23(32-16-14-31(15-17-32)22-7-3-2-4-8-22)29-24(28-19)30-25(33)27-13-5-6-20-9-11-21(26)12-10-20/h2-4,7-12,18H,5-6,13-17H2,1H3,(H2,27,28,29,30,33). The minimum Gasteiger partial charge on any atom is -0.368 e. The Kier molecular flexibility index (Phi) is 7.67. The third-order valence-corrected chi connectivity index (χ3v) is 5.88. The Labute approximate surface area is 199 Å². The first-order valence-electron chi connectivity index (χ1n) is 11.3. The molecule has 0 aliphatic carbocycles. The first kappa shape index (κ1) is 22.9. The van der Waals surface area contributed by atoms with E-state index in [0.29, 0.717) is 17.6 Å². The van der Waals surface area contributed by atoms with Crippen LogP contribution in [0.2, 0.25) is 0 Å². The lowest BCUT2D eigenvalue weighted by molar-refractivity contribution is 0.626. The number of piperazine rings is 1. The van der Waals surface area contributed by atoms with Crippen molar-refractivity contribution in [2.45, 2.75) is 19.8 Å². The molecule has 0 saturated carbocycles. The van der Waals surface area contributed by atoms with Gasteiger partial charge >= 0.3 is 0 Å². The summed E-state index contributed by atoms with van der Waals surface area (Å²) in [5.41, 5.74) is 3.26. The first-order chi connectivity index (χ1) is 16.1. The van der Waals surface area contributed by atoms with Crippen molar-refractivity contribution in [3.63, 3.8) is 0 Å². The lowest BCUT2D eigenvalue weighted by Gasteiger charge is -2.36. The summed E-state index contributed by atoms with van der Waals surface area (Å²) >= 11 is 5.42. The highest BCUT2D eigenvalue weighted by Crippen LogP contribution is 2.20. The number of benzene rings is 2. The van der Waals surface area contributed by atoms with Crippen LogP contribution in [0.5, 0.6) is 0 Å². The topological polar surface area (TPSA) is 56.3 Å². The average Bonchev–Trinajstić information content (AvgIpc) is 2.83. The molecule has 2 aromatic carbocycles. The Balaban J connectivity index is 1.26. The third-order valence-electron chi connectivity index (χ3n) is 5.63. The van der Waals surface area contributed by atoms with Gasteiger partial charge in [0.1, 0.15) is 11.6 Å². The van der Waals surface area contributed by atoms with Crippen molar-refractivity contribution in [3.05, 3.63) is 77.7 Å². The highest BCUT2D eigenvalue weighted by atomic mass is 32.1. The van der Waals surface area contributed by atoms with Crippen molar-refractivity contribution in [2.24, 2.45) is 0 Å². The Morgan fingerprint density at radius 3 is 2.39 bits per heavy atom. The van der Waals surface area contributed by atoms with Gasteiger partial charge in [-0.2, -0.15) is 4.98 Å². The predicted molar refractivity (Wildman–Crippen MR) is 137 cm³/mol. The van der Waals surface area contributed by atoms with E-state index in [1.54, 1.807) is 0 Å². The van der Waals surface area contributed by atoms with Gasteiger partial charge in [0.2, 0.25) is 5.95 Å². The molecule has 0 radical (unpaired) electrons. The number of para-hydroxylation sites is 1. The molecule has 1 aliphatic rings. The maximum Gasteiger partial charge on any atom is 0.231 e. The number of hydrogen-bond donors (Lipinski definition) is 2. The minimum absolute atomic E-state index is 0.210. The van der Waals surface area contributed by atoms with Crippen LogP contribution in [0.3, 0.4) is 0 Å². The summed E-state index contributed by atoms with van der Waals surface area (Å²) in [4.78, 5) is 13.9. The zero-order valence-electron chi connectivity index (χ0n) is 18.8. The van der Waals surface area contributed by atoms with Crippen LogP contribution in [0, 0.1) is 12.7 Å². The van der Waals surface area contributed by atoms with Crippen LogP contribution in [0.15, 0.2) is 60.7 Å². The summed E-state index contributed by atoms with van der Waals surface area (Å²) in [6.45, 7) is 6.38. The maximum atomic E-state index is 13.0. The lowest BCUT2D eigenvalue weighted by atomic mass is 10.1. The number of nitrogens with one attached hydrogen (secondary N) is 2. The van der Waals surface area contributed by atoms with Gasteiger partial charge in [0, 0.05) is 50.2 Å². The molecular weight excluding hydrogens is 435 g/mol. The van der Waals surface area contributed by atoms with Gasteiger partial charge in [0.25, 0.3) is 0 Å². The molecule has 1 aromatic heterocycles. The fraction of sp³-hybridized carbons (Fsp3) is 0.320. The number of halogens is 1. The first-order valence-corrected chi connectivity index (χ1v) is 11.7. The normalized spacial score (nSPS) is 13.6. The number of anilines is 3. The second-order valence-corrected chi connectivity index (χ2v) is 8.52. The van der Waals surface area contributed by atoms with E-state index < -0.39 is 0 Å². The van der Waals surface area contributed by atoms with Gasteiger partial charge in [-0.3, -0.25) is 0 Å². The summed E-state index contributed by atoms with van der Waals surface area (Å²) in [7, 11) is 0. The fourth-order valence-electron chi connectivity index (χ4n) is 3.89. The second-order valence-electron chi connectivity index (χ2n) is 8.11. The van der Waals surface area contributed by atoms with Crippen LogP contribution in [0.1, 0.15) is 17.7 Å². The predicted octanol–water partition coefficient (Wildman–Crippen LogP) is 4.17. The van der Waals surface area contributed by atoms with Gasteiger partial charge in [-0.1, -0.05) is 30.3 Å². The van der Waals surface area contributed by atoms with Gasteiger partial charge in [-0.25, -0.2) is 9.37 Å². The largest absolute Gasteiger partial charge is 0.368 e. The third kappa shape index (κ3) is 6.61. The van der Waals surface area contributed by atoms with E-state index in [1.165, 1.54) is 17.8 Å². The van der Waals surface area contributed by atoms with Crippen molar-refractivity contribution in [3.8, 4) is 0 Å². The minimum atomic E-state index is -0.210. The second kappa shape index (κ2) is 11.0. The molecule has 0 amide bonds. The van der Waals surface area contributed by atoms with Crippen LogP contribution in [-0.4, -0.2) is 47.8 Å². The highest BCUT2D eigenvalue weighted by molar-refractivity contribution is 7.80. The molecule has 2 N–H and O–H groups in total. The molecule has 33 heavy (non-hydrogen) atoms. The van der Waals surface area contributed by atoms with E-state index in [1.807, 2.05) is 31.2 Å². The van der Waals surface area contributed by atoms with E-state index in [0.717, 1.165) is 56.1 Å². The van der Waals surface area contributed by atoms with Crippen LogP contribution in [-0.2, 0) is 6.42 Å². The zero-order valence-corrected chi connectivity index (χ0v) is 19.6. The maximum absolute atomic E-state index is 13.0. The van der Waals surface area contributed by atoms with Crippen LogP contribution in [0.25, 0.3) is 0 Å². The average molecular weight is 465 g/mol. The monoisotopic (exact) mass is 464 g/mol. The molecule has 4 rings (SSSR count). The molecule has 1 fully saturated rings. The SMILES string of the molecule is Cc1cc(N2CCN(c3ccccc3)CC2)nc(NC(=S)NCCCc2ccc(F)cc2)n1. The molecule has 6 nitrogen and oxygen atoms in total. The van der Waals surface area contributed by atoms with Crippen molar-refractivity contribution in [1.82, 2.24) is 15.3 Å². The molecular formula is C25H29FN6S. The number of rotatable bonds is 7. The Morgan fingerprint density at radius 1 is 0.970 bits per heavy atom. The van der Waals surface area contributed by atoms with E-state index in [2.05, 4.69) is 49.7 Å². The highest BCUT2D eigenvalue weighted by Gasteiger charge is 2.19. The lowest BCUT2D eigenvalue weighted by Crippen LogP contribution is -2.47. The quantitative estimate of drug-likeness (QED) is 0.402. The van der Waals surface area contributed by atoms with Crippen molar-refractivity contribution in [1.29, 1.82) is 0 Å². The van der Waals surface area contributed by atoms with Gasteiger partial charge in [0.15, 0.2) is 5.11 Å². The van der Waals surface area contributed by atoms with Crippen LogP contribution in [0.4, 0.5) is 21.8 Å². The Morgan fingerprint density at radius 2 is 1.67 bits per heavy atom. The summed E-state index contributed by atoms with van der Waals surface area (Å²) in [6, 6.07) is 19.1. The molecule has 2 heterocycles. The van der Waals surface area contributed by atoms with E-state index in [-0.39, 0.29) is 5.82 Å². The van der Waals surface area contributed by atoms with Gasteiger partial charge in [-0.15, -0.1) is 0 Å². The van der Waals surface area contributed by atoms with E-state index in [9.17, 15) is 4.39 Å². The fourth-order valence-corrected chi connectivity index (χ4v) is 4.09. The molecule has 0 spiro atoms. The summed E-state index contributed by atoms with van der Waals surface area (Å²) in [5, 5.41) is 6.82. The Bertz CT molecular complexity index is 1050. The molecule has 8 heteroatoms. The number of aryl methyl sites for hydroxylation is 2. The summed E-state index contributed by atoms with van der Waals surface area (Å²) in [6.07, 6.45) is 1.75. The molecule has 172 valence electrons. The van der Waals surface area contributed by atoms with E-state index in [4.69, 9.17) is 17.2 Å². The zero-order chi connectivity index (χ0) is 23.0. The van der Waals surface area contributed by atoms with Gasteiger partial charge in [-0.05, 0) is 61.8 Å². The number of thiocarbonyl (C=S) groups is 1. The number of hydrogen-bond acceptors (Lipinski definition) is 5. The molecule has 0 unspecified atom stereocenters. The van der Waals surface area contributed by atoms with Crippen LogP contribution >= 0.6 is 12.2 Å². The summed E-state index contributed by atoms with van der Waals surface area (Å²) in [5.74, 6) is 1.21. The van der Waals surface area contributed by atoms with Crippen molar-refractivity contribution >= 4 is 34.8 Å². The Hall–Kier alpha value is -3.26. The van der Waals surface area contributed by atoms with Gasteiger partial charge in [0.05, 0.1) is 0 Å². The molecule has 0 bridgehead atoms. The van der Waals surface area contributed by atoms with Gasteiger partial charge < -0.3 is 20.4 Å². The smallest absolute Gasteiger partial charge is 0.231 e. The van der Waals surface area contributed by atoms with Crippen molar-refractivity contribution in [2.75, 3.05) is 47.8 Å². The molecule has 1 aliphatic heterocycles.